The van der Waals surface area contributed by atoms with Gasteiger partial charge in [0.25, 0.3) is 0 Å². The molecule has 1 aliphatic rings. The molecule has 1 saturated heterocycles. The van der Waals surface area contributed by atoms with Crippen molar-refractivity contribution in [2.75, 3.05) is 29.6 Å². The minimum absolute atomic E-state index is 0.0573. The molecule has 0 saturated carbocycles. The number of hydrogen-bond donors (Lipinski definition) is 1. The second-order valence-corrected chi connectivity index (χ2v) is 10.4. The highest BCUT2D eigenvalue weighted by Gasteiger charge is 2.36. The Morgan fingerprint density at radius 3 is 2.68 bits per heavy atom. The number of sulfone groups is 1. The fraction of sp³-hybridized carbons (Fsp3) is 0.500. The molecule has 0 radical (unpaired) electrons. The van der Waals surface area contributed by atoms with Crippen LogP contribution in [0.3, 0.4) is 0 Å². The van der Waals surface area contributed by atoms with Gasteiger partial charge in [0.2, 0.25) is 5.95 Å². The number of aryl methyl sites for hydroxylation is 1. The van der Waals surface area contributed by atoms with Crippen molar-refractivity contribution in [1.82, 2.24) is 24.5 Å². The van der Waals surface area contributed by atoms with Crippen LogP contribution < -0.4 is 10.2 Å². The Morgan fingerprint density at radius 2 is 2.00 bits per heavy atom. The van der Waals surface area contributed by atoms with Gasteiger partial charge in [0, 0.05) is 31.1 Å². The average molecular weight is 448 g/mol. The number of rotatable bonds is 5. The van der Waals surface area contributed by atoms with E-state index < -0.39 is 21.3 Å². The quantitative estimate of drug-likeness (QED) is 0.636. The maximum atomic E-state index is 14.5. The van der Waals surface area contributed by atoms with Crippen LogP contribution in [-0.2, 0) is 9.84 Å². The van der Waals surface area contributed by atoms with Crippen LogP contribution in [0.5, 0.6) is 0 Å². The average Bonchev–Trinajstić information content (AvgIpc) is 3.02. The molecule has 1 aliphatic heterocycles. The second kappa shape index (κ2) is 8.03. The van der Waals surface area contributed by atoms with Gasteiger partial charge in [-0.3, -0.25) is 0 Å². The van der Waals surface area contributed by atoms with E-state index in [9.17, 15) is 12.8 Å². The Balaban J connectivity index is 1.55. The molecule has 166 valence electrons. The summed E-state index contributed by atoms with van der Waals surface area (Å²) in [5.74, 6) is 2.40. The molecule has 1 N–H and O–H groups in total. The largest absolute Gasteiger partial charge is 0.338 e. The van der Waals surface area contributed by atoms with Crippen molar-refractivity contribution in [2.24, 2.45) is 0 Å². The van der Waals surface area contributed by atoms with Crippen molar-refractivity contribution >= 4 is 38.5 Å². The molecule has 4 heterocycles. The number of fused-ring (bicyclic) bond motifs is 1. The van der Waals surface area contributed by atoms with E-state index in [2.05, 4.69) is 43.7 Å². The maximum Gasteiger partial charge on any atom is 0.227 e. The molecule has 1 fully saturated rings. The third-order valence-corrected chi connectivity index (χ3v) is 7.11. The lowest BCUT2D eigenvalue weighted by molar-refractivity contribution is 0.287. The normalized spacial score (nSPS) is 19.9. The molecule has 0 aromatic carbocycles. The van der Waals surface area contributed by atoms with Crippen LogP contribution in [0.25, 0.3) is 11.0 Å². The monoisotopic (exact) mass is 447 g/mol. The lowest BCUT2D eigenvalue weighted by Gasteiger charge is -2.33. The molecule has 3 aromatic rings. The zero-order valence-corrected chi connectivity index (χ0v) is 18.8. The molecular formula is C20H26FN7O2S. The number of anilines is 3. The van der Waals surface area contributed by atoms with Gasteiger partial charge in [-0.05, 0) is 33.3 Å². The minimum Gasteiger partial charge on any atom is -0.338 e. The summed E-state index contributed by atoms with van der Waals surface area (Å²) in [7, 11) is -3.43. The van der Waals surface area contributed by atoms with E-state index in [1.54, 1.807) is 23.4 Å². The van der Waals surface area contributed by atoms with Gasteiger partial charge in [0.1, 0.15) is 29.1 Å². The Hall–Kier alpha value is -2.82. The van der Waals surface area contributed by atoms with E-state index in [4.69, 9.17) is 0 Å². The molecule has 4 rings (SSSR count). The SMILES string of the molecule is Cc1nc2cnc(Nc3ccnc(N4CC[C@H](S(C)(=O)=O)[C@@H](F)C4)n3)cc2n1C(C)C. The summed E-state index contributed by atoms with van der Waals surface area (Å²) in [6.07, 6.45) is 3.11. The molecule has 2 atom stereocenters. The van der Waals surface area contributed by atoms with E-state index >= 15 is 0 Å². The number of halogens is 1. The fourth-order valence-corrected chi connectivity index (χ4v) is 5.24. The minimum atomic E-state index is -3.43. The molecule has 3 aromatic heterocycles. The van der Waals surface area contributed by atoms with E-state index in [1.165, 1.54) is 0 Å². The standard InChI is InChI=1S/C20H26FN7O2S/c1-12(2)28-13(3)24-15-10-23-19(9-16(15)28)25-18-5-7-22-20(26-18)27-8-6-17(14(21)11-27)31(4,29)30/h5,7,9-10,12,14,17H,6,8,11H2,1-4H3,(H,22,23,25,26)/t14-,17-/m0/s1. The van der Waals surface area contributed by atoms with E-state index in [1.807, 2.05) is 13.0 Å². The van der Waals surface area contributed by atoms with Gasteiger partial charge in [-0.25, -0.2) is 27.8 Å². The van der Waals surface area contributed by atoms with Crippen molar-refractivity contribution in [3.8, 4) is 0 Å². The third kappa shape index (κ3) is 4.32. The first-order valence-electron chi connectivity index (χ1n) is 10.2. The van der Waals surface area contributed by atoms with Crippen LogP contribution in [0.15, 0.2) is 24.5 Å². The summed E-state index contributed by atoms with van der Waals surface area (Å²) >= 11 is 0. The summed E-state index contributed by atoms with van der Waals surface area (Å²) in [6, 6.07) is 3.89. The zero-order chi connectivity index (χ0) is 22.3. The third-order valence-electron chi connectivity index (χ3n) is 5.48. The second-order valence-electron chi connectivity index (χ2n) is 8.17. The highest BCUT2D eigenvalue weighted by Crippen LogP contribution is 2.26. The van der Waals surface area contributed by atoms with Gasteiger partial charge in [0.05, 0.1) is 23.5 Å². The number of nitrogens with zero attached hydrogens (tertiary/aromatic N) is 6. The van der Waals surface area contributed by atoms with Crippen LogP contribution in [-0.4, -0.2) is 63.7 Å². The highest BCUT2D eigenvalue weighted by atomic mass is 32.2. The lowest BCUT2D eigenvalue weighted by atomic mass is 10.1. The van der Waals surface area contributed by atoms with Crippen molar-refractivity contribution in [2.45, 2.75) is 44.7 Å². The number of hydrogen-bond acceptors (Lipinski definition) is 8. The van der Waals surface area contributed by atoms with E-state index in [0.29, 0.717) is 24.1 Å². The van der Waals surface area contributed by atoms with Crippen molar-refractivity contribution < 1.29 is 12.8 Å². The van der Waals surface area contributed by atoms with Crippen molar-refractivity contribution in [3.63, 3.8) is 0 Å². The van der Waals surface area contributed by atoms with Gasteiger partial charge in [-0.1, -0.05) is 0 Å². The summed E-state index contributed by atoms with van der Waals surface area (Å²) in [5, 5.41) is 2.20. The molecular weight excluding hydrogens is 421 g/mol. The van der Waals surface area contributed by atoms with Gasteiger partial charge in [-0.15, -0.1) is 0 Å². The molecule has 31 heavy (non-hydrogen) atoms. The van der Waals surface area contributed by atoms with E-state index in [-0.39, 0.29) is 19.0 Å². The zero-order valence-electron chi connectivity index (χ0n) is 17.9. The smallest absolute Gasteiger partial charge is 0.227 e. The Kier molecular flexibility index (Phi) is 5.54. The Labute approximate surface area is 180 Å². The van der Waals surface area contributed by atoms with Crippen LogP contribution in [0, 0.1) is 6.92 Å². The number of aromatic nitrogens is 5. The topological polar surface area (TPSA) is 106 Å². The summed E-state index contributed by atoms with van der Waals surface area (Å²) in [6.45, 7) is 6.48. The van der Waals surface area contributed by atoms with Crippen LogP contribution >= 0.6 is 0 Å². The summed E-state index contributed by atoms with van der Waals surface area (Å²) < 4.78 is 40.1. The van der Waals surface area contributed by atoms with Crippen molar-refractivity contribution in [3.05, 3.63) is 30.4 Å². The van der Waals surface area contributed by atoms with Crippen LogP contribution in [0.1, 0.15) is 32.1 Å². The number of pyridine rings is 1. The number of imidazole rings is 1. The van der Waals surface area contributed by atoms with Crippen molar-refractivity contribution in [1.29, 1.82) is 0 Å². The van der Waals surface area contributed by atoms with Gasteiger partial charge in [0.15, 0.2) is 9.84 Å². The van der Waals surface area contributed by atoms with E-state index in [0.717, 1.165) is 23.1 Å². The maximum absolute atomic E-state index is 14.5. The first-order chi connectivity index (χ1) is 14.6. The molecule has 0 bridgehead atoms. The number of alkyl halides is 1. The van der Waals surface area contributed by atoms with Gasteiger partial charge >= 0.3 is 0 Å². The summed E-state index contributed by atoms with van der Waals surface area (Å²) in [5.41, 5.74) is 1.80. The first-order valence-corrected chi connectivity index (χ1v) is 12.1. The number of piperidine rings is 1. The van der Waals surface area contributed by atoms with Crippen LogP contribution in [0.4, 0.5) is 22.0 Å². The van der Waals surface area contributed by atoms with Crippen LogP contribution in [0.2, 0.25) is 0 Å². The molecule has 0 spiro atoms. The Morgan fingerprint density at radius 1 is 1.23 bits per heavy atom. The predicted molar refractivity (Wildman–Crippen MR) is 118 cm³/mol. The first kappa shape index (κ1) is 21.4. The predicted octanol–water partition coefficient (Wildman–Crippen LogP) is 2.82. The Bertz CT molecular complexity index is 1210. The highest BCUT2D eigenvalue weighted by molar-refractivity contribution is 7.91. The number of nitrogens with one attached hydrogen (secondary N) is 1. The molecule has 0 aliphatic carbocycles. The molecule has 0 unspecified atom stereocenters. The molecule has 11 heteroatoms. The fourth-order valence-electron chi connectivity index (χ4n) is 4.09. The molecule has 9 nitrogen and oxygen atoms in total. The van der Waals surface area contributed by atoms with Gasteiger partial charge in [-0.2, -0.15) is 4.98 Å². The lowest BCUT2D eigenvalue weighted by Crippen LogP contribution is -2.48. The summed E-state index contributed by atoms with van der Waals surface area (Å²) in [4.78, 5) is 19.4. The molecule has 0 amide bonds. The van der Waals surface area contributed by atoms with Gasteiger partial charge < -0.3 is 14.8 Å².